The van der Waals surface area contributed by atoms with Crippen LogP contribution in [-0.2, 0) is 9.59 Å². The smallest absolute Gasteiger partial charge is 0.252 e. The number of carbonyl (C=O) groups is 3. The number of nitrogens with zero attached hydrogens (tertiary/aromatic N) is 1. The van der Waals surface area contributed by atoms with E-state index < -0.39 is 17.5 Å². The van der Waals surface area contributed by atoms with E-state index in [0.717, 1.165) is 35.6 Å². The van der Waals surface area contributed by atoms with E-state index in [9.17, 15) is 14.4 Å². The highest BCUT2D eigenvalue weighted by Gasteiger charge is 2.49. The minimum absolute atomic E-state index is 0.0540. The van der Waals surface area contributed by atoms with Gasteiger partial charge in [-0.25, -0.2) is 0 Å². The van der Waals surface area contributed by atoms with E-state index >= 15 is 0 Å². The van der Waals surface area contributed by atoms with E-state index in [1.165, 1.54) is 0 Å². The Labute approximate surface area is 214 Å². The van der Waals surface area contributed by atoms with Crippen molar-refractivity contribution >= 4 is 28.5 Å². The van der Waals surface area contributed by atoms with Gasteiger partial charge < -0.3 is 20.9 Å². The molecule has 0 bridgehead atoms. The van der Waals surface area contributed by atoms with Crippen LogP contribution in [0.4, 0.5) is 0 Å². The Hall–Kier alpha value is -2.93. The fraction of sp³-hybridized carbons (Fsp3) is 0.552. The molecule has 36 heavy (non-hydrogen) atoms. The van der Waals surface area contributed by atoms with Gasteiger partial charge in [0.05, 0.1) is 12.1 Å². The third-order valence-corrected chi connectivity index (χ3v) is 8.06. The lowest BCUT2D eigenvalue weighted by Gasteiger charge is -2.38. The van der Waals surface area contributed by atoms with E-state index in [2.05, 4.69) is 22.9 Å². The third kappa shape index (κ3) is 4.99. The van der Waals surface area contributed by atoms with Crippen molar-refractivity contribution in [3.8, 4) is 0 Å². The van der Waals surface area contributed by atoms with Gasteiger partial charge in [0.15, 0.2) is 0 Å². The molecule has 1 aliphatic carbocycles. The minimum atomic E-state index is -0.641. The highest BCUT2D eigenvalue weighted by molar-refractivity contribution is 6.08. The van der Waals surface area contributed by atoms with Gasteiger partial charge >= 0.3 is 0 Å². The van der Waals surface area contributed by atoms with Crippen LogP contribution in [0.25, 0.3) is 10.8 Å². The maximum atomic E-state index is 13.9. The molecule has 2 aliphatic rings. The van der Waals surface area contributed by atoms with Crippen molar-refractivity contribution in [1.82, 2.24) is 20.9 Å². The van der Waals surface area contributed by atoms with Crippen LogP contribution in [0.5, 0.6) is 0 Å². The average molecular weight is 493 g/mol. The molecule has 1 aliphatic heterocycles. The Morgan fingerprint density at radius 2 is 1.69 bits per heavy atom. The summed E-state index contributed by atoms with van der Waals surface area (Å²) in [5, 5.41) is 11.2. The Bertz CT molecular complexity index is 1150. The van der Waals surface area contributed by atoms with Gasteiger partial charge in [0.1, 0.15) is 6.04 Å². The molecule has 0 spiro atoms. The summed E-state index contributed by atoms with van der Waals surface area (Å²) in [7, 11) is 1.73. The maximum absolute atomic E-state index is 13.9. The van der Waals surface area contributed by atoms with E-state index in [1.807, 2.05) is 62.1 Å². The summed E-state index contributed by atoms with van der Waals surface area (Å²) in [4.78, 5) is 41.9. The molecule has 4 rings (SSSR count). The summed E-state index contributed by atoms with van der Waals surface area (Å²) in [6.45, 7) is 10.4. The Kier molecular flexibility index (Phi) is 7.41. The molecule has 0 aromatic heterocycles. The largest absolute Gasteiger partial charge is 0.347 e. The van der Waals surface area contributed by atoms with Crippen molar-refractivity contribution in [2.45, 2.75) is 78.0 Å². The van der Waals surface area contributed by atoms with Crippen molar-refractivity contribution in [3.05, 3.63) is 47.5 Å². The molecule has 3 N–H and O–H groups in total. The number of nitrogens with one attached hydrogen (secondary N) is 3. The number of aryl methyl sites for hydroxylation is 1. The van der Waals surface area contributed by atoms with Crippen molar-refractivity contribution in [2.24, 2.45) is 11.3 Å². The SMILES string of the molecule is CN[C@@H](C)C(=O)NC(C(=O)N1CCC2CCC(NC(=O)c3ccc(C)c4ccccc34)C21)C(C)(C)C. The second kappa shape index (κ2) is 10.2. The van der Waals surface area contributed by atoms with Crippen LogP contribution in [-0.4, -0.2) is 60.4 Å². The van der Waals surface area contributed by atoms with Crippen LogP contribution in [0, 0.1) is 18.3 Å². The van der Waals surface area contributed by atoms with Crippen molar-refractivity contribution < 1.29 is 14.4 Å². The molecule has 194 valence electrons. The first-order chi connectivity index (χ1) is 17.0. The summed E-state index contributed by atoms with van der Waals surface area (Å²) in [5.74, 6) is 0.0128. The summed E-state index contributed by atoms with van der Waals surface area (Å²) in [5.41, 5.74) is 1.35. The van der Waals surface area contributed by atoms with E-state index in [1.54, 1.807) is 14.0 Å². The number of hydrogen-bond acceptors (Lipinski definition) is 4. The summed E-state index contributed by atoms with van der Waals surface area (Å²) in [6, 6.07) is 10.7. The Morgan fingerprint density at radius 3 is 2.36 bits per heavy atom. The lowest BCUT2D eigenvalue weighted by molar-refractivity contribution is -0.141. The zero-order valence-corrected chi connectivity index (χ0v) is 22.4. The zero-order chi connectivity index (χ0) is 26.2. The van der Waals surface area contributed by atoms with E-state index in [0.29, 0.717) is 18.0 Å². The zero-order valence-electron chi connectivity index (χ0n) is 22.4. The Balaban J connectivity index is 1.55. The topological polar surface area (TPSA) is 90.5 Å². The van der Waals surface area contributed by atoms with Crippen LogP contribution in [0.1, 0.15) is 62.9 Å². The molecule has 7 heteroatoms. The second-order valence-corrected chi connectivity index (χ2v) is 11.5. The van der Waals surface area contributed by atoms with Crippen molar-refractivity contribution in [3.63, 3.8) is 0 Å². The molecule has 1 saturated carbocycles. The summed E-state index contributed by atoms with van der Waals surface area (Å²) >= 11 is 0. The van der Waals surface area contributed by atoms with Gasteiger partial charge in [-0.2, -0.15) is 0 Å². The van der Waals surface area contributed by atoms with Gasteiger partial charge in [-0.05, 0) is 73.9 Å². The van der Waals surface area contributed by atoms with Gasteiger partial charge in [0, 0.05) is 18.2 Å². The maximum Gasteiger partial charge on any atom is 0.252 e. The molecular weight excluding hydrogens is 452 g/mol. The first-order valence-electron chi connectivity index (χ1n) is 13.1. The van der Waals surface area contributed by atoms with Gasteiger partial charge in [-0.15, -0.1) is 0 Å². The van der Waals surface area contributed by atoms with E-state index in [-0.39, 0.29) is 29.8 Å². The number of rotatable bonds is 6. The number of carbonyl (C=O) groups excluding carboxylic acids is 3. The fourth-order valence-corrected chi connectivity index (χ4v) is 5.83. The van der Waals surface area contributed by atoms with E-state index in [4.69, 9.17) is 0 Å². The molecule has 5 atom stereocenters. The highest BCUT2D eigenvalue weighted by atomic mass is 16.2. The highest BCUT2D eigenvalue weighted by Crippen LogP contribution is 2.39. The monoisotopic (exact) mass is 492 g/mol. The summed E-state index contributed by atoms with van der Waals surface area (Å²) in [6.07, 6.45) is 2.75. The van der Waals surface area contributed by atoms with Crippen LogP contribution in [0.15, 0.2) is 36.4 Å². The lowest BCUT2D eigenvalue weighted by atomic mass is 9.85. The standard InChI is InChI=1S/C29H40N4O3/c1-17-11-13-22(21-10-8-7-9-20(17)21)27(35)31-23-14-12-19-15-16-33(24(19)23)28(36)25(29(3,4)5)32-26(34)18(2)30-6/h7-11,13,18-19,23-25,30H,12,14-16H2,1-6H3,(H,31,35)(H,32,34)/t18-,19?,23?,24?,25?/m0/s1. The molecule has 3 amide bonds. The molecule has 1 saturated heterocycles. The van der Waals surface area contributed by atoms with Crippen molar-refractivity contribution in [2.75, 3.05) is 13.6 Å². The van der Waals surface area contributed by atoms with Gasteiger partial charge in [0.25, 0.3) is 5.91 Å². The van der Waals surface area contributed by atoms with Crippen molar-refractivity contribution in [1.29, 1.82) is 0 Å². The molecular formula is C29H40N4O3. The molecule has 4 unspecified atom stereocenters. The molecule has 1 heterocycles. The number of likely N-dealkylation sites (N-methyl/N-ethyl adjacent to an activating group) is 1. The molecule has 0 radical (unpaired) electrons. The normalized spacial score (nSPS) is 23.3. The van der Waals surface area contributed by atoms with Crippen LogP contribution in [0.2, 0.25) is 0 Å². The number of fused-ring (bicyclic) bond motifs is 2. The van der Waals surface area contributed by atoms with Gasteiger partial charge in [0.2, 0.25) is 11.8 Å². The predicted octanol–water partition coefficient (Wildman–Crippen LogP) is 3.40. The summed E-state index contributed by atoms with van der Waals surface area (Å²) < 4.78 is 0. The second-order valence-electron chi connectivity index (χ2n) is 11.5. The number of likely N-dealkylation sites (tertiary alicyclic amines) is 1. The third-order valence-electron chi connectivity index (χ3n) is 8.06. The first-order valence-corrected chi connectivity index (χ1v) is 13.1. The average Bonchev–Trinajstić information content (AvgIpc) is 3.44. The van der Waals surface area contributed by atoms with Crippen LogP contribution >= 0.6 is 0 Å². The molecule has 2 aromatic carbocycles. The minimum Gasteiger partial charge on any atom is -0.347 e. The number of hydrogen-bond donors (Lipinski definition) is 3. The quantitative estimate of drug-likeness (QED) is 0.577. The number of benzene rings is 2. The lowest BCUT2D eigenvalue weighted by Crippen LogP contribution is -2.60. The molecule has 7 nitrogen and oxygen atoms in total. The Morgan fingerprint density at radius 1 is 1.00 bits per heavy atom. The van der Waals surface area contributed by atoms with Crippen LogP contribution < -0.4 is 16.0 Å². The van der Waals surface area contributed by atoms with Gasteiger partial charge in [-0.3, -0.25) is 14.4 Å². The predicted molar refractivity (Wildman–Crippen MR) is 143 cm³/mol. The fourth-order valence-electron chi connectivity index (χ4n) is 5.83. The first kappa shape index (κ1) is 26.1. The molecule has 2 fully saturated rings. The van der Waals surface area contributed by atoms with Gasteiger partial charge in [-0.1, -0.05) is 51.1 Å². The number of amides is 3. The molecule has 2 aromatic rings. The van der Waals surface area contributed by atoms with Crippen LogP contribution in [0.3, 0.4) is 0 Å².